The number of rotatable bonds is 6. The predicted octanol–water partition coefficient (Wildman–Crippen LogP) is 5.91. The maximum atomic E-state index is 6.21. The van der Waals surface area contributed by atoms with Gasteiger partial charge in [0.15, 0.2) is 0 Å². The van der Waals surface area contributed by atoms with Crippen LogP contribution < -0.4 is 5.32 Å². The molecule has 1 aliphatic carbocycles. The normalized spacial score (nSPS) is 24.0. The maximum Gasteiger partial charge on any atom is 0.0435 e. The van der Waals surface area contributed by atoms with Crippen molar-refractivity contribution in [1.29, 1.82) is 0 Å². The van der Waals surface area contributed by atoms with Crippen molar-refractivity contribution < 1.29 is 0 Å². The minimum Gasteiger partial charge on any atom is -0.310 e. The molecule has 0 heterocycles. The smallest absolute Gasteiger partial charge is 0.0435 e. The third kappa shape index (κ3) is 4.23. The maximum absolute atomic E-state index is 6.21. The second kappa shape index (κ2) is 8.19. The van der Waals surface area contributed by atoms with Crippen molar-refractivity contribution in [3.63, 3.8) is 0 Å². The summed E-state index contributed by atoms with van der Waals surface area (Å²) in [4.78, 5) is 0. The van der Waals surface area contributed by atoms with Crippen LogP contribution in [0.3, 0.4) is 0 Å². The van der Waals surface area contributed by atoms with Crippen LogP contribution in [0.1, 0.15) is 69.5 Å². The van der Waals surface area contributed by atoms with Crippen LogP contribution in [0.4, 0.5) is 0 Å². The van der Waals surface area contributed by atoms with Crippen LogP contribution in [0.25, 0.3) is 0 Å². The first-order valence-electron chi connectivity index (χ1n) is 8.66. The zero-order valence-electron chi connectivity index (χ0n) is 13.8. The van der Waals surface area contributed by atoms with Crippen LogP contribution >= 0.6 is 11.6 Å². The summed E-state index contributed by atoms with van der Waals surface area (Å²) in [7, 11) is 0. The van der Waals surface area contributed by atoms with E-state index in [9.17, 15) is 0 Å². The van der Waals surface area contributed by atoms with Gasteiger partial charge >= 0.3 is 0 Å². The molecule has 0 saturated heterocycles. The molecule has 0 aromatic heterocycles. The summed E-state index contributed by atoms with van der Waals surface area (Å²) in [6.07, 6.45) is 8.06. The molecule has 21 heavy (non-hydrogen) atoms. The summed E-state index contributed by atoms with van der Waals surface area (Å²) < 4.78 is 0. The fourth-order valence-corrected chi connectivity index (χ4v) is 3.98. The van der Waals surface area contributed by atoms with Gasteiger partial charge in [-0.25, -0.2) is 0 Å². The molecule has 118 valence electrons. The molecule has 1 nitrogen and oxygen atoms in total. The van der Waals surface area contributed by atoms with Crippen LogP contribution in [-0.4, -0.2) is 6.54 Å². The fourth-order valence-electron chi connectivity index (χ4n) is 3.86. The molecular formula is C19H30ClN. The highest BCUT2D eigenvalue weighted by Crippen LogP contribution is 2.40. The Balaban J connectivity index is 2.25. The highest BCUT2D eigenvalue weighted by Gasteiger charge is 2.31. The van der Waals surface area contributed by atoms with Crippen molar-refractivity contribution in [2.45, 2.75) is 65.3 Å². The molecule has 0 bridgehead atoms. The molecule has 0 aliphatic heterocycles. The Kier molecular flexibility index (Phi) is 6.57. The lowest BCUT2D eigenvalue weighted by molar-refractivity contribution is 0.175. The van der Waals surface area contributed by atoms with Gasteiger partial charge in [-0.2, -0.15) is 0 Å². The van der Waals surface area contributed by atoms with Gasteiger partial charge in [0.1, 0.15) is 0 Å². The van der Waals surface area contributed by atoms with Crippen molar-refractivity contribution >= 4 is 11.6 Å². The van der Waals surface area contributed by atoms with Crippen LogP contribution in [0.5, 0.6) is 0 Å². The van der Waals surface area contributed by atoms with E-state index in [0.29, 0.717) is 6.04 Å². The minimum absolute atomic E-state index is 0.492. The lowest BCUT2D eigenvalue weighted by Crippen LogP contribution is -2.35. The van der Waals surface area contributed by atoms with E-state index in [0.717, 1.165) is 23.4 Å². The van der Waals surface area contributed by atoms with Crippen molar-refractivity contribution in [2.24, 2.45) is 11.8 Å². The first-order chi connectivity index (χ1) is 10.2. The fraction of sp³-hybridized carbons (Fsp3) is 0.684. The average Bonchev–Trinajstić information content (AvgIpc) is 2.51. The zero-order chi connectivity index (χ0) is 15.2. The molecule has 1 fully saturated rings. The van der Waals surface area contributed by atoms with E-state index in [-0.39, 0.29) is 0 Å². The molecule has 1 saturated carbocycles. The van der Waals surface area contributed by atoms with Crippen molar-refractivity contribution in [3.05, 3.63) is 34.3 Å². The van der Waals surface area contributed by atoms with Crippen LogP contribution in [-0.2, 0) is 0 Å². The molecule has 2 heteroatoms. The van der Waals surface area contributed by atoms with Crippen LogP contribution in [0, 0.1) is 18.8 Å². The molecule has 1 N–H and O–H groups in total. The van der Waals surface area contributed by atoms with Gasteiger partial charge < -0.3 is 5.32 Å². The lowest BCUT2D eigenvalue weighted by atomic mass is 9.72. The molecule has 3 unspecified atom stereocenters. The van der Waals surface area contributed by atoms with Gasteiger partial charge in [-0.15, -0.1) is 0 Å². The molecule has 3 atom stereocenters. The van der Waals surface area contributed by atoms with E-state index >= 15 is 0 Å². The molecule has 0 radical (unpaired) electrons. The van der Waals surface area contributed by atoms with Crippen LogP contribution in [0.2, 0.25) is 5.02 Å². The summed E-state index contributed by atoms with van der Waals surface area (Å²) in [6, 6.07) is 7.07. The second-order valence-electron chi connectivity index (χ2n) is 6.56. The van der Waals surface area contributed by atoms with Gasteiger partial charge in [-0.05, 0) is 55.3 Å². The third-order valence-electron chi connectivity index (χ3n) is 5.08. The van der Waals surface area contributed by atoms with Gasteiger partial charge in [0, 0.05) is 11.1 Å². The molecule has 2 rings (SSSR count). The first-order valence-corrected chi connectivity index (χ1v) is 9.04. The van der Waals surface area contributed by atoms with Gasteiger partial charge in [-0.3, -0.25) is 0 Å². The highest BCUT2D eigenvalue weighted by molar-refractivity contribution is 6.31. The molecule has 1 aromatic carbocycles. The van der Waals surface area contributed by atoms with E-state index in [2.05, 4.69) is 44.3 Å². The van der Waals surface area contributed by atoms with Crippen LogP contribution in [0.15, 0.2) is 18.2 Å². The largest absolute Gasteiger partial charge is 0.310 e. The zero-order valence-corrected chi connectivity index (χ0v) is 14.5. The summed E-state index contributed by atoms with van der Waals surface area (Å²) in [6.45, 7) is 7.81. The predicted molar refractivity (Wildman–Crippen MR) is 93.0 cm³/mol. The van der Waals surface area contributed by atoms with Gasteiger partial charge in [0.05, 0.1) is 0 Å². The Bertz CT molecular complexity index is 443. The Morgan fingerprint density at radius 2 is 2.00 bits per heavy atom. The quantitative estimate of drug-likeness (QED) is 0.689. The van der Waals surface area contributed by atoms with Crippen molar-refractivity contribution in [1.82, 2.24) is 5.32 Å². The van der Waals surface area contributed by atoms with E-state index in [4.69, 9.17) is 11.6 Å². The Hall–Kier alpha value is -0.530. The number of aryl methyl sites for hydroxylation is 1. The molecule has 1 aromatic rings. The van der Waals surface area contributed by atoms with Gasteiger partial charge in [0.2, 0.25) is 0 Å². The molecular weight excluding hydrogens is 278 g/mol. The summed E-state index contributed by atoms with van der Waals surface area (Å²) >= 11 is 6.21. The highest BCUT2D eigenvalue weighted by atomic mass is 35.5. The monoisotopic (exact) mass is 307 g/mol. The molecule has 0 amide bonds. The number of halogens is 1. The van der Waals surface area contributed by atoms with E-state index in [1.165, 1.54) is 49.7 Å². The molecule has 1 aliphatic rings. The Morgan fingerprint density at radius 3 is 2.67 bits per heavy atom. The minimum atomic E-state index is 0.492. The number of benzene rings is 1. The number of hydrogen-bond donors (Lipinski definition) is 1. The van der Waals surface area contributed by atoms with Crippen molar-refractivity contribution in [3.8, 4) is 0 Å². The third-order valence-corrected chi connectivity index (χ3v) is 5.50. The Morgan fingerprint density at radius 1 is 1.24 bits per heavy atom. The van der Waals surface area contributed by atoms with E-state index < -0.39 is 0 Å². The van der Waals surface area contributed by atoms with Gasteiger partial charge in [0.25, 0.3) is 0 Å². The Labute approximate surface area is 135 Å². The SMILES string of the molecule is CCCNC(c1ccc(Cl)c(C)c1)C1CCCCC1CC. The first kappa shape index (κ1) is 16.8. The lowest BCUT2D eigenvalue weighted by Gasteiger charge is -2.38. The number of nitrogens with one attached hydrogen (secondary N) is 1. The summed E-state index contributed by atoms with van der Waals surface area (Å²) in [5.41, 5.74) is 2.62. The summed E-state index contributed by atoms with van der Waals surface area (Å²) in [5.74, 6) is 1.64. The average molecular weight is 308 g/mol. The van der Waals surface area contributed by atoms with Crippen molar-refractivity contribution in [2.75, 3.05) is 6.54 Å². The van der Waals surface area contributed by atoms with Gasteiger partial charge in [-0.1, -0.05) is 63.3 Å². The van der Waals surface area contributed by atoms with E-state index in [1.807, 2.05) is 0 Å². The second-order valence-corrected chi connectivity index (χ2v) is 6.96. The number of hydrogen-bond acceptors (Lipinski definition) is 1. The topological polar surface area (TPSA) is 12.0 Å². The summed E-state index contributed by atoms with van der Waals surface area (Å²) in [5, 5.41) is 4.70. The van der Waals surface area contributed by atoms with E-state index in [1.54, 1.807) is 0 Å². The standard InChI is InChI=1S/C19H30ClN/c1-4-12-21-19(16-10-11-18(20)14(3)13-16)17-9-7-6-8-15(17)5-2/h10-11,13,15,17,19,21H,4-9,12H2,1-3H3. The molecule has 0 spiro atoms.